The zero-order valence-corrected chi connectivity index (χ0v) is 12.3. The third-order valence-corrected chi connectivity index (χ3v) is 2.97. The maximum Gasteiger partial charge on any atom is 0.282 e. The third-order valence-electron chi connectivity index (χ3n) is 2.97. The van der Waals surface area contributed by atoms with Gasteiger partial charge in [0.25, 0.3) is 6.43 Å². The summed E-state index contributed by atoms with van der Waals surface area (Å²) in [6, 6.07) is 8.18. The van der Waals surface area contributed by atoms with Crippen LogP contribution in [0.25, 0.3) is 0 Å². The van der Waals surface area contributed by atoms with Gasteiger partial charge in [0.1, 0.15) is 18.0 Å². The van der Waals surface area contributed by atoms with Gasteiger partial charge < -0.3 is 10.1 Å². The van der Waals surface area contributed by atoms with Crippen molar-refractivity contribution in [1.29, 1.82) is 0 Å². The maximum atomic E-state index is 12.6. The van der Waals surface area contributed by atoms with E-state index in [9.17, 15) is 13.6 Å². The van der Waals surface area contributed by atoms with Gasteiger partial charge in [-0.05, 0) is 44.2 Å². The van der Waals surface area contributed by atoms with Gasteiger partial charge in [0.05, 0.1) is 6.61 Å². The molecule has 22 heavy (non-hydrogen) atoms. The van der Waals surface area contributed by atoms with Crippen LogP contribution in [0, 0.1) is 6.92 Å². The normalized spacial score (nSPS) is 10.8. The van der Waals surface area contributed by atoms with Gasteiger partial charge in [-0.15, -0.1) is 0 Å². The summed E-state index contributed by atoms with van der Waals surface area (Å²) < 4.78 is 31.7. The molecule has 1 aromatic heterocycles. The number of carbonyl (C=O) groups is 1. The molecule has 0 unspecified atom stereocenters. The van der Waals surface area contributed by atoms with Gasteiger partial charge in [0, 0.05) is 11.4 Å². The predicted octanol–water partition coefficient (Wildman–Crippen LogP) is 3.17. The van der Waals surface area contributed by atoms with E-state index in [0.717, 1.165) is 0 Å². The van der Waals surface area contributed by atoms with E-state index in [2.05, 4.69) is 10.4 Å². The van der Waals surface area contributed by atoms with E-state index in [1.54, 1.807) is 31.2 Å². The molecule has 0 atom stereocenters. The number of nitrogens with zero attached hydrogens (tertiary/aromatic N) is 2. The largest absolute Gasteiger partial charge is 0.494 e. The van der Waals surface area contributed by atoms with Crippen molar-refractivity contribution < 1.29 is 18.3 Å². The average Bonchev–Trinajstić information content (AvgIpc) is 2.83. The smallest absolute Gasteiger partial charge is 0.282 e. The number of ether oxygens (including phenoxy) is 1. The van der Waals surface area contributed by atoms with Crippen LogP contribution >= 0.6 is 0 Å². The van der Waals surface area contributed by atoms with E-state index in [1.165, 1.54) is 10.7 Å². The molecule has 0 spiro atoms. The number of benzene rings is 1. The van der Waals surface area contributed by atoms with Crippen LogP contribution in [-0.2, 0) is 11.3 Å². The van der Waals surface area contributed by atoms with Gasteiger partial charge in [0.15, 0.2) is 0 Å². The van der Waals surface area contributed by atoms with Gasteiger partial charge in [-0.25, -0.2) is 8.78 Å². The number of hydrogen-bond acceptors (Lipinski definition) is 3. The van der Waals surface area contributed by atoms with Gasteiger partial charge in [-0.3, -0.25) is 9.48 Å². The van der Waals surface area contributed by atoms with Crippen LogP contribution in [0.15, 0.2) is 30.3 Å². The number of halogens is 2. The fourth-order valence-electron chi connectivity index (χ4n) is 1.94. The summed E-state index contributed by atoms with van der Waals surface area (Å²) in [6.07, 6.45) is -2.64. The molecule has 0 radical (unpaired) electrons. The second kappa shape index (κ2) is 7.02. The maximum absolute atomic E-state index is 12.6. The first kappa shape index (κ1) is 15.9. The average molecular weight is 309 g/mol. The molecule has 0 aliphatic carbocycles. The Hall–Kier alpha value is -2.44. The Balaban J connectivity index is 1.97. The topological polar surface area (TPSA) is 56.1 Å². The molecule has 2 aromatic rings. The van der Waals surface area contributed by atoms with E-state index in [-0.39, 0.29) is 18.1 Å². The van der Waals surface area contributed by atoms with Crippen molar-refractivity contribution in [1.82, 2.24) is 9.78 Å². The summed E-state index contributed by atoms with van der Waals surface area (Å²) in [5.41, 5.74) is 0.788. The molecule has 7 heteroatoms. The Labute approximate surface area is 126 Å². The third kappa shape index (κ3) is 4.03. The standard InChI is InChI=1S/C15H17F2N3O2/c1-3-22-12-6-4-11(5-7-12)18-14(21)9-20-10(2)8-13(19-20)15(16)17/h4-8,15H,3,9H2,1-2H3,(H,18,21). The molecule has 1 amide bonds. The number of amides is 1. The van der Waals surface area contributed by atoms with Crippen LogP contribution in [0.3, 0.4) is 0 Å². The molecular weight excluding hydrogens is 292 g/mol. The lowest BCUT2D eigenvalue weighted by molar-refractivity contribution is -0.117. The number of alkyl halides is 2. The zero-order chi connectivity index (χ0) is 16.1. The minimum Gasteiger partial charge on any atom is -0.494 e. The zero-order valence-electron chi connectivity index (χ0n) is 12.3. The van der Waals surface area contributed by atoms with Crippen molar-refractivity contribution in [2.24, 2.45) is 0 Å². The lowest BCUT2D eigenvalue weighted by Crippen LogP contribution is -2.20. The number of nitrogens with one attached hydrogen (secondary N) is 1. The first-order chi connectivity index (χ1) is 10.5. The second-order valence-corrected chi connectivity index (χ2v) is 4.67. The van der Waals surface area contributed by atoms with Crippen molar-refractivity contribution in [3.05, 3.63) is 41.7 Å². The summed E-state index contributed by atoms with van der Waals surface area (Å²) in [5.74, 6) is 0.376. The highest BCUT2D eigenvalue weighted by Gasteiger charge is 2.15. The fourth-order valence-corrected chi connectivity index (χ4v) is 1.94. The van der Waals surface area contributed by atoms with Gasteiger partial charge in [-0.2, -0.15) is 5.10 Å². The lowest BCUT2D eigenvalue weighted by atomic mass is 10.3. The summed E-state index contributed by atoms with van der Waals surface area (Å²) in [7, 11) is 0. The van der Waals surface area contributed by atoms with Crippen LogP contribution in [-0.4, -0.2) is 22.3 Å². The molecular formula is C15H17F2N3O2. The molecule has 0 fully saturated rings. The Kier molecular flexibility index (Phi) is 5.08. The molecule has 0 saturated carbocycles. The van der Waals surface area contributed by atoms with Crippen LogP contribution in [0.2, 0.25) is 0 Å². The van der Waals surface area contributed by atoms with Crippen LogP contribution in [0.1, 0.15) is 24.7 Å². The molecule has 0 aliphatic rings. The van der Waals surface area contributed by atoms with Gasteiger partial charge >= 0.3 is 0 Å². The molecule has 0 bridgehead atoms. The Bertz CT molecular complexity index is 639. The van der Waals surface area contributed by atoms with Crippen LogP contribution in [0.4, 0.5) is 14.5 Å². The van der Waals surface area contributed by atoms with Crippen LogP contribution < -0.4 is 10.1 Å². The second-order valence-electron chi connectivity index (χ2n) is 4.67. The van der Waals surface area contributed by atoms with Crippen molar-refractivity contribution in [3.63, 3.8) is 0 Å². The monoisotopic (exact) mass is 309 g/mol. The SMILES string of the molecule is CCOc1ccc(NC(=O)Cn2nc(C(F)F)cc2C)cc1. The number of aryl methyl sites for hydroxylation is 1. The van der Waals surface area contributed by atoms with Crippen LogP contribution in [0.5, 0.6) is 5.75 Å². The molecule has 0 saturated heterocycles. The summed E-state index contributed by atoms with van der Waals surface area (Å²) in [4.78, 5) is 11.9. The van der Waals surface area contributed by atoms with Crippen molar-refractivity contribution in [2.75, 3.05) is 11.9 Å². The predicted molar refractivity (Wildman–Crippen MR) is 78.2 cm³/mol. The molecule has 0 aliphatic heterocycles. The lowest BCUT2D eigenvalue weighted by Gasteiger charge is -2.08. The van der Waals surface area contributed by atoms with E-state index in [4.69, 9.17) is 4.74 Å². The number of carbonyl (C=O) groups excluding carboxylic acids is 1. The molecule has 1 aromatic carbocycles. The quantitative estimate of drug-likeness (QED) is 0.891. The van der Waals surface area contributed by atoms with Crippen molar-refractivity contribution in [2.45, 2.75) is 26.8 Å². The minimum atomic E-state index is -2.64. The highest BCUT2D eigenvalue weighted by Crippen LogP contribution is 2.18. The molecule has 118 valence electrons. The molecule has 5 nitrogen and oxygen atoms in total. The Morgan fingerprint density at radius 1 is 1.36 bits per heavy atom. The summed E-state index contributed by atoms with van der Waals surface area (Å²) in [5, 5.41) is 6.40. The summed E-state index contributed by atoms with van der Waals surface area (Å²) in [6.45, 7) is 3.96. The van der Waals surface area contributed by atoms with E-state index < -0.39 is 6.43 Å². The number of hydrogen-bond donors (Lipinski definition) is 1. The molecule has 2 rings (SSSR count). The van der Waals surface area contributed by atoms with Gasteiger partial charge in [0.2, 0.25) is 5.91 Å². The number of rotatable bonds is 6. The fraction of sp³-hybridized carbons (Fsp3) is 0.333. The molecule has 1 heterocycles. The van der Waals surface area contributed by atoms with E-state index in [0.29, 0.717) is 23.7 Å². The number of anilines is 1. The first-order valence-corrected chi connectivity index (χ1v) is 6.84. The Morgan fingerprint density at radius 3 is 2.59 bits per heavy atom. The van der Waals surface area contributed by atoms with E-state index >= 15 is 0 Å². The van der Waals surface area contributed by atoms with Crippen molar-refractivity contribution >= 4 is 11.6 Å². The van der Waals surface area contributed by atoms with Crippen molar-refractivity contribution in [3.8, 4) is 5.75 Å². The molecule has 1 N–H and O–H groups in total. The Morgan fingerprint density at radius 2 is 2.05 bits per heavy atom. The summed E-state index contributed by atoms with van der Waals surface area (Å²) >= 11 is 0. The highest BCUT2D eigenvalue weighted by atomic mass is 19.3. The van der Waals surface area contributed by atoms with Gasteiger partial charge in [-0.1, -0.05) is 0 Å². The minimum absolute atomic E-state index is 0.119. The van der Waals surface area contributed by atoms with E-state index in [1.807, 2.05) is 6.92 Å². The highest BCUT2D eigenvalue weighted by molar-refractivity contribution is 5.90. The first-order valence-electron chi connectivity index (χ1n) is 6.84. The number of aromatic nitrogens is 2.